The van der Waals surface area contributed by atoms with E-state index in [1.54, 1.807) is 18.2 Å². The quantitative estimate of drug-likeness (QED) is 0.887. The van der Waals surface area contributed by atoms with Crippen LogP contribution in [0.5, 0.6) is 5.75 Å². The zero-order chi connectivity index (χ0) is 14.8. The minimum atomic E-state index is -3.55. The number of nitrogens with one attached hydrogen (secondary N) is 1. The number of ether oxygens (including phenoxy) is 1. The molecule has 1 fully saturated rings. The summed E-state index contributed by atoms with van der Waals surface area (Å²) in [5.41, 5.74) is 0. The Morgan fingerprint density at radius 3 is 2.90 bits per heavy atom. The van der Waals surface area contributed by atoms with Gasteiger partial charge in [-0.15, -0.1) is 0 Å². The smallest absolute Gasteiger partial charge is 0.247 e. The molecular formula is C13H19BrN2O3S. The van der Waals surface area contributed by atoms with Gasteiger partial charge < -0.3 is 10.1 Å². The molecule has 0 aliphatic carbocycles. The summed E-state index contributed by atoms with van der Waals surface area (Å²) in [5, 5.41) is 3.19. The number of rotatable bonds is 4. The zero-order valence-corrected chi connectivity index (χ0v) is 14.0. The van der Waals surface area contributed by atoms with E-state index in [0.717, 1.165) is 4.47 Å². The van der Waals surface area contributed by atoms with Crippen LogP contribution in [0.1, 0.15) is 13.8 Å². The van der Waals surface area contributed by atoms with Gasteiger partial charge in [0, 0.05) is 30.1 Å². The van der Waals surface area contributed by atoms with Gasteiger partial charge in [-0.25, -0.2) is 8.42 Å². The fourth-order valence-electron chi connectivity index (χ4n) is 2.26. The van der Waals surface area contributed by atoms with Gasteiger partial charge in [-0.05, 0) is 32.0 Å². The summed E-state index contributed by atoms with van der Waals surface area (Å²) in [4.78, 5) is 0.225. The summed E-state index contributed by atoms with van der Waals surface area (Å²) in [7, 11) is -3.55. The van der Waals surface area contributed by atoms with E-state index >= 15 is 0 Å². The van der Waals surface area contributed by atoms with Crippen molar-refractivity contribution in [2.45, 2.75) is 24.8 Å². The standard InChI is InChI=1S/C13H19BrN2O3S/c1-3-19-12-5-4-11(14)8-13(12)20(17,18)16-7-6-15-9-10(16)2/h4-5,8,10,15H,3,6-7,9H2,1-2H3/t10-/m1/s1. The molecule has 0 amide bonds. The second kappa shape index (κ2) is 6.43. The number of piperazine rings is 1. The Bertz CT molecular complexity index is 577. The van der Waals surface area contributed by atoms with E-state index in [1.165, 1.54) is 4.31 Å². The van der Waals surface area contributed by atoms with Crippen LogP contribution in [0.15, 0.2) is 27.6 Å². The molecule has 1 aromatic rings. The van der Waals surface area contributed by atoms with Crippen LogP contribution < -0.4 is 10.1 Å². The third-order valence-corrected chi connectivity index (χ3v) is 5.76. The number of halogens is 1. The van der Waals surface area contributed by atoms with Crippen molar-refractivity contribution in [3.63, 3.8) is 0 Å². The Hall–Kier alpha value is -0.630. The van der Waals surface area contributed by atoms with Crippen molar-refractivity contribution in [1.29, 1.82) is 0 Å². The largest absolute Gasteiger partial charge is 0.492 e. The van der Waals surface area contributed by atoms with Crippen LogP contribution >= 0.6 is 15.9 Å². The number of benzene rings is 1. The first-order valence-electron chi connectivity index (χ1n) is 6.61. The fourth-order valence-corrected chi connectivity index (χ4v) is 4.57. The molecule has 0 aromatic heterocycles. The molecule has 1 heterocycles. The second-order valence-corrected chi connectivity index (χ2v) is 7.47. The van der Waals surface area contributed by atoms with E-state index in [4.69, 9.17) is 4.74 Å². The minimum absolute atomic E-state index is 0.0674. The first-order valence-corrected chi connectivity index (χ1v) is 8.85. The van der Waals surface area contributed by atoms with Crippen molar-refractivity contribution < 1.29 is 13.2 Å². The Morgan fingerprint density at radius 1 is 1.50 bits per heavy atom. The molecule has 1 saturated heterocycles. The summed E-state index contributed by atoms with van der Waals surface area (Å²) in [6.45, 7) is 5.98. The molecular weight excluding hydrogens is 344 g/mol. The average molecular weight is 363 g/mol. The van der Waals surface area contributed by atoms with Crippen molar-refractivity contribution in [1.82, 2.24) is 9.62 Å². The van der Waals surface area contributed by atoms with Gasteiger partial charge in [0.25, 0.3) is 0 Å². The first-order chi connectivity index (χ1) is 9.46. The lowest BCUT2D eigenvalue weighted by molar-refractivity contribution is 0.280. The Kier molecular flexibility index (Phi) is 5.06. The number of nitrogens with zero attached hydrogens (tertiary/aromatic N) is 1. The summed E-state index contributed by atoms with van der Waals surface area (Å²) < 4.78 is 33.4. The molecule has 112 valence electrons. The highest BCUT2D eigenvalue weighted by Gasteiger charge is 2.33. The van der Waals surface area contributed by atoms with Gasteiger partial charge in [0.1, 0.15) is 10.6 Å². The van der Waals surface area contributed by atoms with Gasteiger partial charge in [-0.3, -0.25) is 0 Å². The Labute approximate surface area is 128 Å². The molecule has 2 rings (SSSR count). The molecule has 1 aliphatic rings. The first kappa shape index (κ1) is 15.8. The lowest BCUT2D eigenvalue weighted by Crippen LogP contribution is -2.52. The van der Waals surface area contributed by atoms with Gasteiger partial charge in [-0.1, -0.05) is 15.9 Å². The number of sulfonamides is 1. The molecule has 0 unspecified atom stereocenters. The maximum absolute atomic E-state index is 12.8. The zero-order valence-electron chi connectivity index (χ0n) is 11.6. The van der Waals surface area contributed by atoms with E-state index in [0.29, 0.717) is 32.0 Å². The molecule has 0 saturated carbocycles. The predicted octanol–water partition coefficient (Wildman–Crippen LogP) is 1.83. The van der Waals surface area contributed by atoms with Crippen LogP contribution in [0, 0.1) is 0 Å². The molecule has 0 radical (unpaired) electrons. The molecule has 0 spiro atoms. The minimum Gasteiger partial charge on any atom is -0.492 e. The van der Waals surface area contributed by atoms with E-state index < -0.39 is 10.0 Å². The molecule has 20 heavy (non-hydrogen) atoms. The maximum atomic E-state index is 12.8. The normalized spacial score (nSPS) is 20.9. The van der Waals surface area contributed by atoms with Crippen LogP contribution in [0.2, 0.25) is 0 Å². The summed E-state index contributed by atoms with van der Waals surface area (Å²) >= 11 is 3.33. The van der Waals surface area contributed by atoms with Gasteiger partial charge in [0.2, 0.25) is 10.0 Å². The highest BCUT2D eigenvalue weighted by molar-refractivity contribution is 9.10. The highest BCUT2D eigenvalue weighted by Crippen LogP contribution is 2.31. The van der Waals surface area contributed by atoms with Crippen molar-refractivity contribution in [2.24, 2.45) is 0 Å². The van der Waals surface area contributed by atoms with E-state index in [-0.39, 0.29) is 10.9 Å². The van der Waals surface area contributed by atoms with Crippen molar-refractivity contribution >= 4 is 26.0 Å². The van der Waals surface area contributed by atoms with Crippen LogP contribution in [0.25, 0.3) is 0 Å². The topological polar surface area (TPSA) is 58.6 Å². The molecule has 1 N–H and O–H groups in total. The van der Waals surface area contributed by atoms with Crippen LogP contribution in [0.3, 0.4) is 0 Å². The predicted molar refractivity (Wildman–Crippen MR) is 81.5 cm³/mol. The van der Waals surface area contributed by atoms with Crippen molar-refractivity contribution in [3.8, 4) is 5.75 Å². The molecule has 1 atom stereocenters. The lowest BCUT2D eigenvalue weighted by Gasteiger charge is -2.33. The molecule has 1 aromatic carbocycles. The van der Waals surface area contributed by atoms with Gasteiger partial charge in [0.15, 0.2) is 0 Å². The monoisotopic (exact) mass is 362 g/mol. The summed E-state index contributed by atoms with van der Waals surface area (Å²) in [6.07, 6.45) is 0. The molecule has 5 nitrogen and oxygen atoms in total. The molecule has 0 bridgehead atoms. The van der Waals surface area contributed by atoms with Crippen LogP contribution in [0.4, 0.5) is 0 Å². The second-order valence-electron chi connectivity index (χ2n) is 4.69. The Morgan fingerprint density at radius 2 is 2.25 bits per heavy atom. The van der Waals surface area contributed by atoms with Gasteiger partial charge >= 0.3 is 0 Å². The molecule has 1 aliphatic heterocycles. The highest BCUT2D eigenvalue weighted by atomic mass is 79.9. The third-order valence-electron chi connectivity index (χ3n) is 3.23. The van der Waals surface area contributed by atoms with Gasteiger partial charge in [-0.2, -0.15) is 4.31 Å². The van der Waals surface area contributed by atoms with E-state index in [1.807, 2.05) is 13.8 Å². The SMILES string of the molecule is CCOc1ccc(Br)cc1S(=O)(=O)N1CCNC[C@H]1C. The lowest BCUT2D eigenvalue weighted by atomic mass is 10.3. The third kappa shape index (κ3) is 3.16. The van der Waals surface area contributed by atoms with Crippen LogP contribution in [-0.2, 0) is 10.0 Å². The number of hydrogen-bond donors (Lipinski definition) is 1. The fraction of sp³-hybridized carbons (Fsp3) is 0.538. The summed E-state index contributed by atoms with van der Waals surface area (Å²) in [6, 6.07) is 5.01. The van der Waals surface area contributed by atoms with Crippen molar-refractivity contribution in [3.05, 3.63) is 22.7 Å². The van der Waals surface area contributed by atoms with E-state index in [2.05, 4.69) is 21.2 Å². The average Bonchev–Trinajstić information content (AvgIpc) is 2.41. The number of hydrogen-bond acceptors (Lipinski definition) is 4. The molecule has 7 heteroatoms. The van der Waals surface area contributed by atoms with Crippen molar-refractivity contribution in [2.75, 3.05) is 26.2 Å². The van der Waals surface area contributed by atoms with E-state index in [9.17, 15) is 8.42 Å². The maximum Gasteiger partial charge on any atom is 0.247 e. The Balaban J connectivity index is 2.44. The van der Waals surface area contributed by atoms with Gasteiger partial charge in [0.05, 0.1) is 6.61 Å². The summed E-state index contributed by atoms with van der Waals surface area (Å²) in [5.74, 6) is 0.404. The van der Waals surface area contributed by atoms with Crippen LogP contribution in [-0.4, -0.2) is 45.0 Å².